The lowest BCUT2D eigenvalue weighted by Gasteiger charge is -2.54. The van der Waals surface area contributed by atoms with Crippen LogP contribution in [0.25, 0.3) is 0 Å². The molecule has 116 valence electrons. The van der Waals surface area contributed by atoms with Gasteiger partial charge in [0.25, 0.3) is 0 Å². The van der Waals surface area contributed by atoms with Gasteiger partial charge < -0.3 is 10.5 Å². The van der Waals surface area contributed by atoms with E-state index in [-0.39, 0.29) is 5.41 Å². The van der Waals surface area contributed by atoms with E-state index in [1.54, 1.807) is 0 Å². The molecule has 0 aromatic heterocycles. The highest BCUT2D eigenvalue weighted by Crippen LogP contribution is 2.52. The lowest BCUT2D eigenvalue weighted by molar-refractivity contribution is -0.0778. The topological polar surface area (TPSA) is 35.2 Å². The van der Waals surface area contributed by atoms with E-state index in [2.05, 4.69) is 79.9 Å². The molecular weight excluding hydrogens is 603 g/mol. The van der Waals surface area contributed by atoms with Crippen molar-refractivity contribution in [3.8, 4) is 5.75 Å². The molecule has 2 atom stereocenters. The summed E-state index contributed by atoms with van der Waals surface area (Å²) >= 11 is 7.15. The maximum Gasteiger partial charge on any atom is 0.146 e. The first-order chi connectivity index (χ1) is 10.0. The Hall–Kier alpha value is 1.17. The third kappa shape index (κ3) is 3.35. The van der Waals surface area contributed by atoms with Crippen molar-refractivity contribution in [2.24, 2.45) is 11.1 Å². The molecule has 0 bridgehead atoms. The van der Waals surface area contributed by atoms with Gasteiger partial charge in [0.05, 0.1) is 7.14 Å². The van der Waals surface area contributed by atoms with Crippen LogP contribution in [0.2, 0.25) is 0 Å². The molecule has 2 unspecified atom stereocenters. The predicted octanol–water partition coefficient (Wildman–Crippen LogP) is 5.32. The Morgan fingerprint density at radius 3 is 2.10 bits per heavy atom. The van der Waals surface area contributed by atoms with Gasteiger partial charge in [0.2, 0.25) is 0 Å². The first-order valence-corrected chi connectivity index (χ1v) is 10.8. The summed E-state index contributed by atoms with van der Waals surface area (Å²) in [5.41, 5.74) is 6.66. The third-order valence-electron chi connectivity index (χ3n) is 5.11. The van der Waals surface area contributed by atoms with E-state index >= 15 is 0 Å². The third-order valence-corrected chi connectivity index (χ3v) is 7.33. The summed E-state index contributed by atoms with van der Waals surface area (Å²) in [5.74, 6) is 1.07. The maximum absolute atomic E-state index is 6.49. The maximum atomic E-state index is 6.49. The van der Waals surface area contributed by atoms with Gasteiger partial charge in [-0.25, -0.2) is 0 Å². The fraction of sp³-hybridized carbons (Fsp3) is 0.625. The molecule has 3 rings (SSSR count). The summed E-state index contributed by atoms with van der Waals surface area (Å²) in [6, 6.07) is 4.72. The zero-order chi connectivity index (χ0) is 15.0. The van der Waals surface area contributed by atoms with Gasteiger partial charge >= 0.3 is 0 Å². The Kier molecular flexibility index (Phi) is 5.64. The van der Waals surface area contributed by atoms with E-state index < -0.39 is 0 Å². The Morgan fingerprint density at radius 2 is 1.57 bits per heavy atom. The largest absolute Gasteiger partial charge is 0.488 e. The molecule has 5 heteroatoms. The van der Waals surface area contributed by atoms with Crippen LogP contribution in [0.15, 0.2) is 12.1 Å². The van der Waals surface area contributed by atoms with Gasteiger partial charge in [-0.2, -0.15) is 0 Å². The number of benzene rings is 1. The summed E-state index contributed by atoms with van der Waals surface area (Å²) < 4.78 is 10.2. The van der Waals surface area contributed by atoms with Crippen molar-refractivity contribution in [2.75, 3.05) is 0 Å². The van der Waals surface area contributed by atoms with Crippen LogP contribution in [0, 0.1) is 16.1 Å². The van der Waals surface area contributed by atoms with Gasteiger partial charge in [0.1, 0.15) is 11.9 Å². The van der Waals surface area contributed by atoms with Crippen molar-refractivity contribution in [3.63, 3.8) is 0 Å². The molecule has 1 aromatic carbocycles. The van der Waals surface area contributed by atoms with Crippen molar-refractivity contribution >= 4 is 67.8 Å². The van der Waals surface area contributed by atoms with Crippen molar-refractivity contribution in [1.29, 1.82) is 0 Å². The fourth-order valence-electron chi connectivity index (χ4n) is 3.81. The summed E-state index contributed by atoms with van der Waals surface area (Å²) in [7, 11) is 0. The Labute approximate surface area is 167 Å². The quantitative estimate of drug-likeness (QED) is 0.454. The molecule has 2 aliphatic carbocycles. The van der Waals surface area contributed by atoms with Crippen LogP contribution in [0.5, 0.6) is 5.75 Å². The second-order valence-corrected chi connectivity index (χ2v) is 9.86. The molecule has 0 heterocycles. The minimum atomic E-state index is 0.242. The van der Waals surface area contributed by atoms with Crippen molar-refractivity contribution in [1.82, 2.24) is 0 Å². The summed E-state index contributed by atoms with van der Waals surface area (Å²) in [5, 5.41) is 0. The van der Waals surface area contributed by atoms with Crippen LogP contribution in [-0.4, -0.2) is 12.1 Å². The molecule has 2 fully saturated rings. The smallest absolute Gasteiger partial charge is 0.146 e. The van der Waals surface area contributed by atoms with Gasteiger partial charge in [-0.1, -0.05) is 25.7 Å². The lowest BCUT2D eigenvalue weighted by atomic mass is 9.58. The first-order valence-electron chi connectivity index (χ1n) is 7.60. The molecule has 21 heavy (non-hydrogen) atoms. The van der Waals surface area contributed by atoms with E-state index in [0.717, 1.165) is 12.2 Å². The second kappa shape index (κ2) is 6.96. The summed E-state index contributed by atoms with van der Waals surface area (Å²) in [6.45, 7) is 0. The Bertz CT molecular complexity index is 503. The zero-order valence-electron chi connectivity index (χ0n) is 11.9. The zero-order valence-corrected chi connectivity index (χ0v) is 18.4. The first kappa shape index (κ1) is 17.0. The van der Waals surface area contributed by atoms with E-state index in [1.807, 2.05) is 0 Å². The van der Waals surface area contributed by atoms with Gasteiger partial charge in [-0.15, -0.1) is 0 Å². The highest BCUT2D eigenvalue weighted by atomic mass is 127. The molecule has 1 aromatic rings. The standard InChI is InChI=1S/C16H20I3NO/c17-10-7-11(18)15(12(19)8-10)21-14-9-13(20)16(14)5-3-1-2-4-6-16/h7-8,13-14H,1-6,9,20H2. The molecule has 2 nitrogen and oxygen atoms in total. The number of ether oxygens (including phenoxy) is 1. The van der Waals surface area contributed by atoms with Crippen LogP contribution in [0.4, 0.5) is 0 Å². The van der Waals surface area contributed by atoms with Crippen molar-refractivity contribution in [2.45, 2.75) is 57.1 Å². The lowest BCUT2D eigenvalue weighted by Crippen LogP contribution is -2.63. The minimum absolute atomic E-state index is 0.242. The minimum Gasteiger partial charge on any atom is -0.488 e. The number of hydrogen-bond donors (Lipinski definition) is 1. The fourth-order valence-corrected chi connectivity index (χ4v) is 7.64. The average Bonchev–Trinajstić information content (AvgIpc) is 2.69. The van der Waals surface area contributed by atoms with Crippen LogP contribution in [0.1, 0.15) is 44.9 Å². The van der Waals surface area contributed by atoms with Crippen LogP contribution >= 0.6 is 67.8 Å². The molecule has 2 aliphatic rings. The van der Waals surface area contributed by atoms with E-state index in [4.69, 9.17) is 10.5 Å². The van der Waals surface area contributed by atoms with Crippen LogP contribution in [-0.2, 0) is 0 Å². The number of nitrogens with two attached hydrogens (primary N) is 1. The summed E-state index contributed by atoms with van der Waals surface area (Å²) in [4.78, 5) is 0. The molecule has 0 aliphatic heterocycles. The average molecular weight is 623 g/mol. The second-order valence-electron chi connectivity index (χ2n) is 6.29. The molecular formula is C16H20I3NO. The van der Waals surface area contributed by atoms with Gasteiger partial charge in [0.15, 0.2) is 0 Å². The Morgan fingerprint density at radius 1 is 1.00 bits per heavy atom. The van der Waals surface area contributed by atoms with Crippen LogP contribution in [0.3, 0.4) is 0 Å². The molecule has 0 amide bonds. The van der Waals surface area contributed by atoms with E-state index in [0.29, 0.717) is 12.1 Å². The monoisotopic (exact) mass is 623 g/mol. The molecule has 2 N–H and O–H groups in total. The van der Waals surface area contributed by atoms with Gasteiger partial charge in [-0.3, -0.25) is 0 Å². The highest BCUT2D eigenvalue weighted by Gasteiger charge is 2.54. The normalized spacial score (nSPS) is 28.0. The number of rotatable bonds is 2. The number of hydrogen-bond acceptors (Lipinski definition) is 2. The summed E-state index contributed by atoms with van der Waals surface area (Å²) in [6.07, 6.45) is 9.17. The van der Waals surface area contributed by atoms with Gasteiger partial charge in [0, 0.05) is 21.4 Å². The highest BCUT2D eigenvalue weighted by molar-refractivity contribution is 14.1. The van der Waals surface area contributed by atoms with Crippen LogP contribution < -0.4 is 10.5 Å². The van der Waals surface area contributed by atoms with E-state index in [9.17, 15) is 0 Å². The van der Waals surface area contributed by atoms with Gasteiger partial charge in [-0.05, 0) is 92.7 Å². The van der Waals surface area contributed by atoms with Crippen molar-refractivity contribution < 1.29 is 4.74 Å². The predicted molar refractivity (Wildman–Crippen MR) is 112 cm³/mol. The SMILES string of the molecule is NC1CC(Oc2c(I)cc(I)cc2I)C12CCCCCC2. The van der Waals surface area contributed by atoms with E-state index in [1.165, 1.54) is 49.2 Å². The van der Waals surface area contributed by atoms with Crippen molar-refractivity contribution in [3.05, 3.63) is 22.8 Å². The molecule has 2 saturated carbocycles. The Balaban J connectivity index is 1.82. The molecule has 1 spiro atoms. The molecule has 0 saturated heterocycles. The number of halogens is 3. The molecule has 0 radical (unpaired) electrons.